The first kappa shape index (κ1) is 11.2. The third-order valence-corrected chi connectivity index (χ3v) is 3.63. The lowest BCUT2D eigenvalue weighted by molar-refractivity contribution is 0.00957. The van der Waals surface area contributed by atoms with Crippen molar-refractivity contribution in [3.63, 3.8) is 0 Å². The van der Waals surface area contributed by atoms with Gasteiger partial charge in [0.15, 0.2) is 0 Å². The molecule has 2 N–H and O–H groups in total. The molecule has 0 aromatic carbocycles. The lowest BCUT2D eigenvalue weighted by atomic mass is 9.97. The fourth-order valence-corrected chi connectivity index (χ4v) is 2.62. The first-order valence-corrected chi connectivity index (χ1v) is 6.42. The highest BCUT2D eigenvalue weighted by Crippen LogP contribution is 2.24. The van der Waals surface area contributed by atoms with Gasteiger partial charge in [-0.1, -0.05) is 11.6 Å². The predicted molar refractivity (Wildman–Crippen MR) is 62.7 cm³/mol. The summed E-state index contributed by atoms with van der Waals surface area (Å²) < 4.78 is 5.72. The van der Waals surface area contributed by atoms with Gasteiger partial charge in [0.1, 0.15) is 0 Å². The Balaban J connectivity index is 1.67. The molecular formula is C13H23NO. The average Bonchev–Trinajstić information content (AvgIpc) is 2.81. The molecule has 0 radical (unpaired) electrons. The molecule has 86 valence electrons. The number of ether oxygens (including phenoxy) is 1. The number of hydrogen-bond acceptors (Lipinski definition) is 2. The minimum Gasteiger partial charge on any atom is -0.378 e. The van der Waals surface area contributed by atoms with Crippen LogP contribution >= 0.6 is 0 Å². The van der Waals surface area contributed by atoms with Crippen LogP contribution in [0.25, 0.3) is 0 Å². The minimum atomic E-state index is 0.304. The Kier molecular flexibility index (Phi) is 4.21. The Morgan fingerprint density at radius 2 is 2.33 bits per heavy atom. The zero-order valence-corrected chi connectivity index (χ0v) is 9.58. The molecule has 0 amide bonds. The molecule has 0 saturated carbocycles. The highest BCUT2D eigenvalue weighted by atomic mass is 16.5. The van der Waals surface area contributed by atoms with Crippen molar-refractivity contribution in [3.05, 3.63) is 11.6 Å². The summed E-state index contributed by atoms with van der Waals surface area (Å²) in [5, 5.41) is 0. The standard InChI is InChI=1S/C13H23NO/c14-13(11-5-1-2-6-11)9-8-12-7-3-4-10-15-12/h5,12-13H,1-4,6-10,14H2. The summed E-state index contributed by atoms with van der Waals surface area (Å²) in [4.78, 5) is 0. The van der Waals surface area contributed by atoms with E-state index in [1.165, 1.54) is 44.1 Å². The van der Waals surface area contributed by atoms with E-state index >= 15 is 0 Å². The molecule has 2 rings (SSSR count). The van der Waals surface area contributed by atoms with Crippen molar-refractivity contribution < 1.29 is 4.74 Å². The molecular weight excluding hydrogens is 186 g/mol. The van der Waals surface area contributed by atoms with Crippen LogP contribution in [-0.2, 0) is 4.74 Å². The molecule has 2 aliphatic rings. The van der Waals surface area contributed by atoms with Gasteiger partial charge in [-0.2, -0.15) is 0 Å². The van der Waals surface area contributed by atoms with Gasteiger partial charge in [-0.25, -0.2) is 0 Å². The summed E-state index contributed by atoms with van der Waals surface area (Å²) >= 11 is 0. The molecule has 1 aliphatic carbocycles. The normalized spacial score (nSPS) is 28.9. The molecule has 2 heteroatoms. The number of rotatable bonds is 4. The summed E-state index contributed by atoms with van der Waals surface area (Å²) in [6.45, 7) is 0.961. The van der Waals surface area contributed by atoms with Gasteiger partial charge < -0.3 is 10.5 Å². The molecule has 1 fully saturated rings. The van der Waals surface area contributed by atoms with E-state index in [9.17, 15) is 0 Å². The summed E-state index contributed by atoms with van der Waals surface area (Å²) in [6.07, 6.45) is 12.7. The molecule has 0 spiro atoms. The van der Waals surface area contributed by atoms with E-state index in [1.54, 1.807) is 0 Å². The Hall–Kier alpha value is -0.340. The Bertz CT molecular complexity index is 219. The molecule has 0 bridgehead atoms. The van der Waals surface area contributed by atoms with Gasteiger partial charge in [-0.05, 0) is 51.4 Å². The lowest BCUT2D eigenvalue weighted by Gasteiger charge is -2.24. The van der Waals surface area contributed by atoms with Crippen molar-refractivity contribution in [1.29, 1.82) is 0 Å². The van der Waals surface area contributed by atoms with Crippen LogP contribution in [0.1, 0.15) is 51.4 Å². The van der Waals surface area contributed by atoms with E-state index in [0.29, 0.717) is 12.1 Å². The quantitative estimate of drug-likeness (QED) is 0.723. The van der Waals surface area contributed by atoms with Crippen molar-refractivity contribution in [2.45, 2.75) is 63.5 Å². The van der Waals surface area contributed by atoms with E-state index in [2.05, 4.69) is 6.08 Å². The maximum atomic E-state index is 6.17. The molecule has 1 saturated heterocycles. The fourth-order valence-electron chi connectivity index (χ4n) is 2.62. The van der Waals surface area contributed by atoms with Crippen LogP contribution in [0.5, 0.6) is 0 Å². The fraction of sp³-hybridized carbons (Fsp3) is 0.846. The van der Waals surface area contributed by atoms with Gasteiger partial charge in [0.25, 0.3) is 0 Å². The summed E-state index contributed by atoms with van der Waals surface area (Å²) in [6, 6.07) is 0.304. The maximum Gasteiger partial charge on any atom is 0.0575 e. The zero-order valence-electron chi connectivity index (χ0n) is 9.58. The molecule has 1 aliphatic heterocycles. The van der Waals surface area contributed by atoms with Crippen molar-refractivity contribution in [1.82, 2.24) is 0 Å². The first-order chi connectivity index (χ1) is 7.36. The second kappa shape index (κ2) is 5.66. The van der Waals surface area contributed by atoms with Crippen LogP contribution in [0.3, 0.4) is 0 Å². The van der Waals surface area contributed by atoms with Crippen LogP contribution in [0, 0.1) is 0 Å². The van der Waals surface area contributed by atoms with E-state index in [1.807, 2.05) is 0 Å². The van der Waals surface area contributed by atoms with Gasteiger partial charge in [-0.3, -0.25) is 0 Å². The van der Waals surface area contributed by atoms with Gasteiger partial charge >= 0.3 is 0 Å². The molecule has 15 heavy (non-hydrogen) atoms. The largest absolute Gasteiger partial charge is 0.378 e. The number of hydrogen-bond donors (Lipinski definition) is 1. The van der Waals surface area contributed by atoms with Crippen molar-refractivity contribution in [3.8, 4) is 0 Å². The van der Waals surface area contributed by atoms with E-state index in [0.717, 1.165) is 19.4 Å². The Labute approximate surface area is 92.9 Å². The lowest BCUT2D eigenvalue weighted by Crippen LogP contribution is -2.26. The first-order valence-electron chi connectivity index (χ1n) is 6.42. The van der Waals surface area contributed by atoms with Crippen molar-refractivity contribution in [2.24, 2.45) is 5.73 Å². The topological polar surface area (TPSA) is 35.2 Å². The van der Waals surface area contributed by atoms with Crippen LogP contribution in [0.2, 0.25) is 0 Å². The second-order valence-electron chi connectivity index (χ2n) is 4.84. The summed E-state index contributed by atoms with van der Waals surface area (Å²) in [5.41, 5.74) is 7.66. The third-order valence-electron chi connectivity index (χ3n) is 3.63. The van der Waals surface area contributed by atoms with Crippen molar-refractivity contribution >= 4 is 0 Å². The van der Waals surface area contributed by atoms with Gasteiger partial charge in [0.2, 0.25) is 0 Å². The maximum absolute atomic E-state index is 6.17. The molecule has 2 atom stereocenters. The Morgan fingerprint density at radius 1 is 1.40 bits per heavy atom. The molecule has 1 heterocycles. The predicted octanol–water partition coefficient (Wildman–Crippen LogP) is 2.77. The van der Waals surface area contributed by atoms with Gasteiger partial charge in [-0.15, -0.1) is 0 Å². The van der Waals surface area contributed by atoms with Crippen LogP contribution in [0.15, 0.2) is 11.6 Å². The minimum absolute atomic E-state index is 0.304. The smallest absolute Gasteiger partial charge is 0.0575 e. The number of nitrogens with two attached hydrogens (primary N) is 1. The van der Waals surface area contributed by atoms with Crippen LogP contribution in [-0.4, -0.2) is 18.8 Å². The monoisotopic (exact) mass is 209 g/mol. The van der Waals surface area contributed by atoms with E-state index in [-0.39, 0.29) is 0 Å². The highest BCUT2D eigenvalue weighted by molar-refractivity contribution is 5.14. The van der Waals surface area contributed by atoms with E-state index in [4.69, 9.17) is 10.5 Å². The highest BCUT2D eigenvalue weighted by Gasteiger charge is 2.17. The van der Waals surface area contributed by atoms with E-state index < -0.39 is 0 Å². The number of allylic oxidation sites excluding steroid dienone is 1. The SMILES string of the molecule is NC(CCC1CCCCO1)C1=CCCC1. The third kappa shape index (κ3) is 3.32. The van der Waals surface area contributed by atoms with Gasteiger partial charge in [0, 0.05) is 12.6 Å². The summed E-state index contributed by atoms with van der Waals surface area (Å²) in [7, 11) is 0. The Morgan fingerprint density at radius 3 is 3.00 bits per heavy atom. The molecule has 2 nitrogen and oxygen atoms in total. The second-order valence-corrected chi connectivity index (χ2v) is 4.84. The molecule has 2 unspecified atom stereocenters. The summed E-state index contributed by atoms with van der Waals surface area (Å²) in [5.74, 6) is 0. The van der Waals surface area contributed by atoms with Crippen LogP contribution in [0.4, 0.5) is 0 Å². The van der Waals surface area contributed by atoms with Crippen molar-refractivity contribution in [2.75, 3.05) is 6.61 Å². The molecule has 0 aromatic heterocycles. The van der Waals surface area contributed by atoms with Gasteiger partial charge in [0.05, 0.1) is 6.10 Å². The molecule has 0 aromatic rings. The van der Waals surface area contributed by atoms with Crippen LogP contribution < -0.4 is 5.73 Å². The zero-order chi connectivity index (χ0) is 10.5. The average molecular weight is 209 g/mol.